The van der Waals surface area contributed by atoms with Gasteiger partial charge in [0, 0.05) is 0 Å². The Kier molecular flexibility index (Phi) is 9.70. The van der Waals surface area contributed by atoms with Gasteiger partial charge in [-0.1, -0.05) is 52.7 Å². The van der Waals surface area contributed by atoms with E-state index in [9.17, 15) is 4.79 Å². The summed E-state index contributed by atoms with van der Waals surface area (Å²) in [6.45, 7) is 11.4. The minimum atomic E-state index is -0.453. The molecule has 0 radical (unpaired) electrons. The Morgan fingerprint density at radius 1 is 0.903 bits per heavy atom. The molecule has 0 unspecified atom stereocenters. The van der Waals surface area contributed by atoms with Gasteiger partial charge in [0.1, 0.15) is 5.75 Å². The highest BCUT2D eigenvalue weighted by atomic mass is 16.5. The smallest absolute Gasteiger partial charge is 0.343 e. The number of aryl methyl sites for hydroxylation is 1. The van der Waals surface area contributed by atoms with Gasteiger partial charge in [-0.3, -0.25) is 0 Å². The Hall–Kier alpha value is -2.69. The van der Waals surface area contributed by atoms with E-state index < -0.39 is 5.97 Å². The zero-order chi connectivity index (χ0) is 22.8. The summed E-state index contributed by atoms with van der Waals surface area (Å²) in [6, 6.07) is 9.27. The summed E-state index contributed by atoms with van der Waals surface area (Å²) in [5.74, 6) is 1.86. The first-order valence-electron chi connectivity index (χ1n) is 11.2. The van der Waals surface area contributed by atoms with Crippen LogP contribution in [0.2, 0.25) is 0 Å². The quantitative estimate of drug-likeness (QED) is 0.214. The van der Waals surface area contributed by atoms with E-state index in [0.29, 0.717) is 41.8 Å². The Bertz CT molecular complexity index is 857. The lowest BCUT2D eigenvalue weighted by atomic mass is 10.0. The molecule has 0 atom stereocenters. The SMILES string of the molecule is CCCCOc1cc(C(=O)Oc2cc(C)ccc2C(C)C)cc(OC)c1OCCCC. The predicted octanol–water partition coefficient (Wildman–Crippen LogP) is 6.70. The van der Waals surface area contributed by atoms with Crippen LogP contribution in [0.4, 0.5) is 0 Å². The number of carbonyl (C=O) groups is 1. The maximum absolute atomic E-state index is 13.0. The van der Waals surface area contributed by atoms with Gasteiger partial charge in [-0.2, -0.15) is 0 Å². The Balaban J connectivity index is 2.37. The number of ether oxygens (including phenoxy) is 4. The molecule has 2 rings (SSSR count). The van der Waals surface area contributed by atoms with Crippen molar-refractivity contribution in [3.05, 3.63) is 47.0 Å². The molecule has 0 aliphatic heterocycles. The molecule has 170 valence electrons. The van der Waals surface area contributed by atoms with Crippen LogP contribution in [0, 0.1) is 6.92 Å². The molecule has 0 aliphatic rings. The minimum absolute atomic E-state index is 0.236. The third kappa shape index (κ3) is 6.91. The van der Waals surface area contributed by atoms with E-state index in [4.69, 9.17) is 18.9 Å². The molecule has 2 aromatic rings. The average Bonchev–Trinajstić information content (AvgIpc) is 2.74. The van der Waals surface area contributed by atoms with Crippen LogP contribution in [0.1, 0.15) is 80.8 Å². The topological polar surface area (TPSA) is 54.0 Å². The van der Waals surface area contributed by atoms with Crippen LogP contribution in [0.3, 0.4) is 0 Å². The van der Waals surface area contributed by atoms with Crippen LogP contribution in [0.25, 0.3) is 0 Å². The van der Waals surface area contributed by atoms with Gasteiger partial charge in [0.05, 0.1) is 25.9 Å². The molecule has 0 N–H and O–H groups in total. The minimum Gasteiger partial charge on any atom is -0.493 e. The Labute approximate surface area is 186 Å². The molecule has 0 saturated carbocycles. The number of benzene rings is 2. The number of rotatable bonds is 12. The molecule has 0 bridgehead atoms. The third-order valence-corrected chi connectivity index (χ3v) is 4.97. The maximum Gasteiger partial charge on any atom is 0.343 e. The molecule has 5 nitrogen and oxygen atoms in total. The molecule has 0 saturated heterocycles. The van der Waals surface area contributed by atoms with Crippen LogP contribution in [-0.4, -0.2) is 26.3 Å². The van der Waals surface area contributed by atoms with Crippen LogP contribution < -0.4 is 18.9 Å². The van der Waals surface area contributed by atoms with Gasteiger partial charge in [-0.25, -0.2) is 4.79 Å². The highest BCUT2D eigenvalue weighted by molar-refractivity contribution is 5.93. The summed E-state index contributed by atoms with van der Waals surface area (Å²) < 4.78 is 23.2. The van der Waals surface area contributed by atoms with Crippen molar-refractivity contribution in [1.82, 2.24) is 0 Å². The van der Waals surface area contributed by atoms with Crippen molar-refractivity contribution in [3.63, 3.8) is 0 Å². The van der Waals surface area contributed by atoms with Crippen molar-refractivity contribution >= 4 is 5.97 Å². The molecule has 2 aromatic carbocycles. The number of carbonyl (C=O) groups excluding carboxylic acids is 1. The van der Waals surface area contributed by atoms with E-state index in [1.54, 1.807) is 19.2 Å². The number of methoxy groups -OCH3 is 1. The summed E-state index contributed by atoms with van der Waals surface area (Å²) in [6.07, 6.45) is 3.86. The number of hydrogen-bond acceptors (Lipinski definition) is 5. The van der Waals surface area contributed by atoms with Crippen LogP contribution in [0.5, 0.6) is 23.0 Å². The fourth-order valence-electron chi connectivity index (χ4n) is 3.11. The van der Waals surface area contributed by atoms with Gasteiger partial charge in [0.25, 0.3) is 0 Å². The summed E-state index contributed by atoms with van der Waals surface area (Å²) in [4.78, 5) is 13.0. The van der Waals surface area contributed by atoms with E-state index in [1.807, 2.05) is 25.1 Å². The monoisotopic (exact) mass is 428 g/mol. The van der Waals surface area contributed by atoms with Crippen molar-refractivity contribution in [3.8, 4) is 23.0 Å². The number of esters is 1. The van der Waals surface area contributed by atoms with Crippen molar-refractivity contribution in [2.24, 2.45) is 0 Å². The summed E-state index contributed by atoms with van der Waals surface area (Å²) in [5.41, 5.74) is 2.39. The second-order valence-corrected chi connectivity index (χ2v) is 8.00. The molecule has 0 aromatic heterocycles. The molecule has 5 heteroatoms. The largest absolute Gasteiger partial charge is 0.493 e. The first kappa shape index (κ1) is 24.6. The zero-order valence-corrected chi connectivity index (χ0v) is 19.7. The standard InChI is InChI=1S/C26H36O5/c1-7-9-13-29-24-17-20(16-23(28-6)25(24)30-14-10-8-2)26(27)31-22-15-19(5)11-12-21(22)18(3)4/h11-12,15-18H,7-10,13-14H2,1-6H3. The molecule has 0 fully saturated rings. The zero-order valence-electron chi connectivity index (χ0n) is 19.7. The van der Waals surface area contributed by atoms with Gasteiger partial charge >= 0.3 is 5.97 Å². The van der Waals surface area contributed by atoms with E-state index in [0.717, 1.165) is 36.8 Å². The highest BCUT2D eigenvalue weighted by Crippen LogP contribution is 2.39. The second kappa shape index (κ2) is 12.2. The first-order chi connectivity index (χ1) is 14.9. The third-order valence-electron chi connectivity index (χ3n) is 4.97. The van der Waals surface area contributed by atoms with Gasteiger partial charge in [-0.05, 0) is 55.0 Å². The fourth-order valence-corrected chi connectivity index (χ4v) is 3.11. The second-order valence-electron chi connectivity index (χ2n) is 8.00. The van der Waals surface area contributed by atoms with Crippen LogP contribution in [-0.2, 0) is 0 Å². The normalized spacial score (nSPS) is 10.8. The highest BCUT2D eigenvalue weighted by Gasteiger charge is 2.21. The lowest BCUT2D eigenvalue weighted by Crippen LogP contribution is -2.12. The molecule has 0 spiro atoms. The van der Waals surface area contributed by atoms with E-state index in [-0.39, 0.29) is 5.92 Å². The van der Waals surface area contributed by atoms with Crippen molar-refractivity contribution in [1.29, 1.82) is 0 Å². The Morgan fingerprint density at radius 2 is 1.55 bits per heavy atom. The fraction of sp³-hybridized carbons (Fsp3) is 0.500. The van der Waals surface area contributed by atoms with Crippen molar-refractivity contribution in [2.75, 3.05) is 20.3 Å². The summed E-state index contributed by atoms with van der Waals surface area (Å²) in [7, 11) is 1.56. The van der Waals surface area contributed by atoms with Crippen molar-refractivity contribution < 1.29 is 23.7 Å². The molecule has 0 aliphatic carbocycles. The van der Waals surface area contributed by atoms with Crippen LogP contribution in [0.15, 0.2) is 30.3 Å². The van der Waals surface area contributed by atoms with Gasteiger partial charge in [0.15, 0.2) is 11.5 Å². The lowest BCUT2D eigenvalue weighted by Gasteiger charge is -2.18. The van der Waals surface area contributed by atoms with E-state index >= 15 is 0 Å². The maximum atomic E-state index is 13.0. The van der Waals surface area contributed by atoms with Crippen molar-refractivity contribution in [2.45, 2.75) is 66.2 Å². The first-order valence-corrected chi connectivity index (χ1v) is 11.2. The number of hydrogen-bond donors (Lipinski definition) is 0. The van der Waals surface area contributed by atoms with Gasteiger partial charge in [0.2, 0.25) is 5.75 Å². The van der Waals surface area contributed by atoms with Crippen LogP contribution >= 0.6 is 0 Å². The predicted molar refractivity (Wildman–Crippen MR) is 124 cm³/mol. The molecule has 0 heterocycles. The average molecular weight is 429 g/mol. The van der Waals surface area contributed by atoms with E-state index in [1.165, 1.54) is 0 Å². The molecule has 31 heavy (non-hydrogen) atoms. The molecular formula is C26H36O5. The summed E-state index contributed by atoms with van der Waals surface area (Å²) >= 11 is 0. The van der Waals surface area contributed by atoms with E-state index in [2.05, 4.69) is 27.7 Å². The summed E-state index contributed by atoms with van der Waals surface area (Å²) in [5, 5.41) is 0. The molecule has 0 amide bonds. The van der Waals surface area contributed by atoms with Gasteiger partial charge in [-0.15, -0.1) is 0 Å². The Morgan fingerprint density at radius 3 is 2.16 bits per heavy atom. The van der Waals surface area contributed by atoms with Gasteiger partial charge < -0.3 is 18.9 Å². The molecular weight excluding hydrogens is 392 g/mol. The lowest BCUT2D eigenvalue weighted by molar-refractivity contribution is 0.0731. The number of unbranched alkanes of at least 4 members (excludes halogenated alkanes) is 2.